The van der Waals surface area contributed by atoms with E-state index in [2.05, 4.69) is 10.2 Å². The van der Waals surface area contributed by atoms with Gasteiger partial charge in [-0.2, -0.15) is 0 Å². The van der Waals surface area contributed by atoms with Crippen molar-refractivity contribution in [2.75, 3.05) is 41.6 Å². The number of hydrogen-bond acceptors (Lipinski definition) is 4. The number of benzene rings is 1. The van der Waals surface area contributed by atoms with Crippen molar-refractivity contribution in [2.24, 2.45) is 0 Å². The van der Waals surface area contributed by atoms with Crippen LogP contribution in [0.25, 0.3) is 0 Å². The van der Waals surface area contributed by atoms with Gasteiger partial charge in [-0.1, -0.05) is 26.0 Å². The average Bonchev–Trinajstić information content (AvgIpc) is 2.38. The van der Waals surface area contributed by atoms with E-state index in [9.17, 15) is 8.42 Å². The van der Waals surface area contributed by atoms with Crippen molar-refractivity contribution in [3.05, 3.63) is 24.3 Å². The van der Waals surface area contributed by atoms with E-state index in [0.29, 0.717) is 25.7 Å². The first-order valence-electron chi connectivity index (χ1n) is 6.96. The molecule has 0 saturated carbocycles. The molecule has 112 valence electrons. The summed E-state index contributed by atoms with van der Waals surface area (Å²) in [5.41, 5.74) is 1.75. The van der Waals surface area contributed by atoms with E-state index < -0.39 is 10.0 Å². The summed E-state index contributed by atoms with van der Waals surface area (Å²) >= 11 is 0. The predicted molar refractivity (Wildman–Crippen MR) is 84.0 cm³/mol. The van der Waals surface area contributed by atoms with Crippen LogP contribution in [0.3, 0.4) is 0 Å². The number of nitrogens with one attached hydrogen (secondary N) is 1. The fraction of sp³-hybridized carbons (Fsp3) is 0.571. The Morgan fingerprint density at radius 3 is 2.50 bits per heavy atom. The van der Waals surface area contributed by atoms with Crippen LogP contribution in [-0.2, 0) is 10.0 Å². The second kappa shape index (κ2) is 6.01. The second-order valence-electron chi connectivity index (χ2n) is 5.41. The highest BCUT2D eigenvalue weighted by molar-refractivity contribution is 7.92. The van der Waals surface area contributed by atoms with Crippen LogP contribution in [0.2, 0.25) is 0 Å². The highest BCUT2D eigenvalue weighted by Gasteiger charge is 2.28. The van der Waals surface area contributed by atoms with E-state index in [1.165, 1.54) is 0 Å². The first kappa shape index (κ1) is 15.1. The Labute approximate surface area is 121 Å². The lowest BCUT2D eigenvalue weighted by Gasteiger charge is -2.36. The van der Waals surface area contributed by atoms with Gasteiger partial charge in [0.1, 0.15) is 0 Å². The van der Waals surface area contributed by atoms with Gasteiger partial charge in [0.05, 0.1) is 23.7 Å². The minimum atomic E-state index is -3.27. The number of para-hydroxylation sites is 2. The Kier molecular flexibility index (Phi) is 4.55. The molecule has 0 radical (unpaired) electrons. The molecule has 0 bridgehead atoms. The molecule has 6 heteroatoms. The Balaban J connectivity index is 2.19. The number of anilines is 2. The Morgan fingerprint density at radius 2 is 1.85 bits per heavy atom. The number of fused-ring (bicyclic) bond motifs is 1. The standard InChI is InChI=1S/C14H23N3O2S/c1-12(2)15-8-11-20(18,19)17-10-9-16(3)13-6-4-5-7-14(13)17/h4-7,12,15H,8-11H2,1-3H3. The summed E-state index contributed by atoms with van der Waals surface area (Å²) in [6, 6.07) is 7.95. The zero-order chi connectivity index (χ0) is 14.8. The zero-order valence-electron chi connectivity index (χ0n) is 12.3. The molecule has 5 nitrogen and oxygen atoms in total. The fourth-order valence-electron chi connectivity index (χ4n) is 2.36. The van der Waals surface area contributed by atoms with Crippen molar-refractivity contribution in [3.8, 4) is 0 Å². The summed E-state index contributed by atoms with van der Waals surface area (Å²) in [7, 11) is -1.28. The van der Waals surface area contributed by atoms with Gasteiger partial charge in [-0.25, -0.2) is 8.42 Å². The minimum Gasteiger partial charge on any atom is -0.371 e. The highest BCUT2D eigenvalue weighted by Crippen LogP contribution is 2.33. The topological polar surface area (TPSA) is 52.7 Å². The van der Waals surface area contributed by atoms with Crippen LogP contribution in [-0.4, -0.2) is 46.9 Å². The van der Waals surface area contributed by atoms with E-state index >= 15 is 0 Å². The highest BCUT2D eigenvalue weighted by atomic mass is 32.2. The third-order valence-electron chi connectivity index (χ3n) is 3.45. The van der Waals surface area contributed by atoms with Crippen molar-refractivity contribution >= 4 is 21.4 Å². The van der Waals surface area contributed by atoms with Crippen molar-refractivity contribution < 1.29 is 8.42 Å². The molecule has 1 aromatic rings. The third-order valence-corrected chi connectivity index (χ3v) is 5.22. The van der Waals surface area contributed by atoms with Crippen molar-refractivity contribution in [3.63, 3.8) is 0 Å². The van der Waals surface area contributed by atoms with Crippen molar-refractivity contribution in [2.45, 2.75) is 19.9 Å². The Bertz CT molecular complexity index is 557. The lowest BCUT2D eigenvalue weighted by molar-refractivity contribution is 0.573. The molecule has 0 aliphatic carbocycles. The van der Waals surface area contributed by atoms with Crippen molar-refractivity contribution in [1.29, 1.82) is 0 Å². The molecule has 0 amide bonds. The van der Waals surface area contributed by atoms with Crippen LogP contribution >= 0.6 is 0 Å². The molecule has 0 spiro atoms. The minimum absolute atomic E-state index is 0.128. The van der Waals surface area contributed by atoms with Gasteiger partial charge in [-0.05, 0) is 12.1 Å². The molecule has 0 aromatic heterocycles. The number of hydrogen-bond donors (Lipinski definition) is 1. The summed E-state index contributed by atoms with van der Waals surface area (Å²) in [6.07, 6.45) is 0. The summed E-state index contributed by atoms with van der Waals surface area (Å²) in [6.45, 7) is 5.73. The summed E-state index contributed by atoms with van der Waals surface area (Å²) in [5.74, 6) is 0.128. The van der Waals surface area contributed by atoms with E-state index in [1.54, 1.807) is 4.31 Å². The molecule has 1 N–H and O–H groups in total. The van der Waals surface area contributed by atoms with Gasteiger partial charge in [0, 0.05) is 26.2 Å². The van der Waals surface area contributed by atoms with Gasteiger partial charge in [-0.3, -0.25) is 4.31 Å². The maximum absolute atomic E-state index is 12.5. The summed E-state index contributed by atoms with van der Waals surface area (Å²) in [4.78, 5) is 2.09. The Morgan fingerprint density at radius 1 is 1.20 bits per heavy atom. The third kappa shape index (κ3) is 3.24. The maximum atomic E-state index is 12.5. The molecule has 1 aromatic carbocycles. The molecular weight excluding hydrogens is 274 g/mol. The quantitative estimate of drug-likeness (QED) is 0.889. The van der Waals surface area contributed by atoms with Crippen LogP contribution in [0, 0.1) is 0 Å². The molecule has 0 atom stereocenters. The van der Waals surface area contributed by atoms with E-state index in [0.717, 1.165) is 11.4 Å². The predicted octanol–water partition coefficient (Wildman–Crippen LogP) is 1.27. The molecular formula is C14H23N3O2S. The first-order valence-corrected chi connectivity index (χ1v) is 8.56. The molecule has 1 aliphatic rings. The van der Waals surface area contributed by atoms with E-state index in [1.807, 2.05) is 45.2 Å². The number of sulfonamides is 1. The van der Waals surface area contributed by atoms with Crippen molar-refractivity contribution in [1.82, 2.24) is 5.32 Å². The Hall–Kier alpha value is -1.27. The largest absolute Gasteiger partial charge is 0.371 e. The SMILES string of the molecule is CC(C)NCCS(=O)(=O)N1CCN(C)c2ccccc21. The van der Waals surface area contributed by atoms with Crippen LogP contribution in [0.4, 0.5) is 11.4 Å². The summed E-state index contributed by atoms with van der Waals surface area (Å²) in [5, 5.41) is 3.16. The average molecular weight is 297 g/mol. The smallest absolute Gasteiger partial charge is 0.236 e. The lowest BCUT2D eigenvalue weighted by Crippen LogP contribution is -2.45. The molecule has 1 heterocycles. The zero-order valence-corrected chi connectivity index (χ0v) is 13.2. The van der Waals surface area contributed by atoms with Gasteiger partial charge in [0.2, 0.25) is 10.0 Å². The monoisotopic (exact) mass is 297 g/mol. The molecule has 2 rings (SSSR count). The fourth-order valence-corrected chi connectivity index (χ4v) is 3.77. The van der Waals surface area contributed by atoms with Crippen LogP contribution in [0.1, 0.15) is 13.8 Å². The van der Waals surface area contributed by atoms with Gasteiger partial charge in [0.15, 0.2) is 0 Å². The molecule has 0 fully saturated rings. The lowest BCUT2D eigenvalue weighted by atomic mass is 10.2. The molecule has 0 unspecified atom stereocenters. The van der Waals surface area contributed by atoms with Crippen LogP contribution in [0.15, 0.2) is 24.3 Å². The maximum Gasteiger partial charge on any atom is 0.236 e. The van der Waals surface area contributed by atoms with Gasteiger partial charge in [0.25, 0.3) is 0 Å². The molecule has 1 aliphatic heterocycles. The van der Waals surface area contributed by atoms with Gasteiger partial charge in [-0.15, -0.1) is 0 Å². The molecule has 20 heavy (non-hydrogen) atoms. The summed E-state index contributed by atoms with van der Waals surface area (Å²) < 4.78 is 26.6. The van der Waals surface area contributed by atoms with Gasteiger partial charge < -0.3 is 10.2 Å². The number of nitrogens with zero attached hydrogens (tertiary/aromatic N) is 2. The second-order valence-corrected chi connectivity index (χ2v) is 7.42. The molecule has 0 saturated heterocycles. The first-order chi connectivity index (χ1) is 9.42. The van der Waals surface area contributed by atoms with E-state index in [4.69, 9.17) is 0 Å². The van der Waals surface area contributed by atoms with E-state index in [-0.39, 0.29) is 5.75 Å². The van der Waals surface area contributed by atoms with Crippen LogP contribution in [0.5, 0.6) is 0 Å². The number of likely N-dealkylation sites (N-methyl/N-ethyl adjacent to an activating group) is 1. The number of rotatable bonds is 5. The normalized spacial score (nSPS) is 15.6. The van der Waals surface area contributed by atoms with Gasteiger partial charge >= 0.3 is 0 Å². The van der Waals surface area contributed by atoms with Crippen LogP contribution < -0.4 is 14.5 Å².